The summed E-state index contributed by atoms with van der Waals surface area (Å²) in [7, 11) is 0. The molecule has 5 heteroatoms. The molecular weight excluding hydrogens is 282 g/mol. The van der Waals surface area contributed by atoms with E-state index in [4.69, 9.17) is 4.74 Å². The molecule has 0 unspecified atom stereocenters. The van der Waals surface area contributed by atoms with Crippen LogP contribution in [0.3, 0.4) is 0 Å². The smallest absolute Gasteiger partial charge is 0.226 e. The first kappa shape index (κ1) is 16.4. The molecule has 21 heavy (non-hydrogen) atoms. The number of rotatable bonds is 6. The monoisotopic (exact) mass is 309 g/mol. The number of ether oxygens (including phenoxy) is 1. The third-order valence-corrected chi connectivity index (χ3v) is 5.37. The van der Waals surface area contributed by atoms with E-state index in [2.05, 4.69) is 21.5 Å². The van der Waals surface area contributed by atoms with E-state index in [1.54, 1.807) is 0 Å². The summed E-state index contributed by atoms with van der Waals surface area (Å²) >= 11 is 1.98. The average Bonchev–Trinajstić information content (AvgIpc) is 2.45. The van der Waals surface area contributed by atoms with Gasteiger partial charge in [0.2, 0.25) is 11.8 Å². The lowest BCUT2D eigenvalue weighted by atomic mass is 9.88. The SMILES string of the molecule is CSC1(CNc2nc(C)cc(OC(C)C)n2)CCCCC1. The highest BCUT2D eigenvalue weighted by atomic mass is 32.2. The molecule has 1 aromatic heterocycles. The Bertz CT molecular complexity index is 459. The molecule has 0 saturated heterocycles. The van der Waals surface area contributed by atoms with Gasteiger partial charge < -0.3 is 10.1 Å². The van der Waals surface area contributed by atoms with Crippen LogP contribution in [0.5, 0.6) is 5.88 Å². The lowest BCUT2D eigenvalue weighted by molar-refractivity contribution is 0.232. The molecule has 1 N–H and O–H groups in total. The third-order valence-electron chi connectivity index (χ3n) is 3.95. The normalized spacial score (nSPS) is 17.8. The van der Waals surface area contributed by atoms with Crippen molar-refractivity contribution in [3.63, 3.8) is 0 Å². The molecule has 0 bridgehead atoms. The Balaban J connectivity index is 2.03. The summed E-state index contributed by atoms with van der Waals surface area (Å²) in [6.45, 7) is 6.92. The second kappa shape index (κ2) is 7.34. The second-order valence-corrected chi connectivity index (χ2v) is 7.41. The molecule has 1 fully saturated rings. The number of nitrogens with zero attached hydrogens (tertiary/aromatic N) is 2. The van der Waals surface area contributed by atoms with Gasteiger partial charge in [-0.2, -0.15) is 16.7 Å². The molecule has 4 nitrogen and oxygen atoms in total. The number of hydrogen-bond donors (Lipinski definition) is 1. The number of aromatic nitrogens is 2. The maximum atomic E-state index is 5.68. The zero-order chi connectivity index (χ0) is 15.3. The summed E-state index contributed by atoms with van der Waals surface area (Å²) in [5.74, 6) is 1.34. The van der Waals surface area contributed by atoms with Crippen molar-refractivity contribution in [1.82, 2.24) is 9.97 Å². The van der Waals surface area contributed by atoms with Crippen LogP contribution in [0.1, 0.15) is 51.6 Å². The predicted molar refractivity (Wildman–Crippen MR) is 90.4 cm³/mol. The van der Waals surface area contributed by atoms with Crippen molar-refractivity contribution >= 4 is 17.7 Å². The molecule has 0 atom stereocenters. The fourth-order valence-electron chi connectivity index (χ4n) is 2.81. The number of hydrogen-bond acceptors (Lipinski definition) is 5. The van der Waals surface area contributed by atoms with E-state index in [9.17, 15) is 0 Å². The number of nitrogens with one attached hydrogen (secondary N) is 1. The van der Waals surface area contributed by atoms with Crippen molar-refractivity contribution in [1.29, 1.82) is 0 Å². The van der Waals surface area contributed by atoms with E-state index in [1.165, 1.54) is 32.1 Å². The summed E-state index contributed by atoms with van der Waals surface area (Å²) in [4.78, 5) is 8.95. The van der Waals surface area contributed by atoms with E-state index in [-0.39, 0.29) is 6.10 Å². The molecule has 1 saturated carbocycles. The van der Waals surface area contributed by atoms with E-state index in [0.717, 1.165) is 12.2 Å². The first-order valence-corrected chi connectivity index (χ1v) is 9.07. The molecule has 0 aliphatic heterocycles. The second-order valence-electron chi connectivity index (χ2n) is 6.14. The van der Waals surface area contributed by atoms with Gasteiger partial charge >= 0.3 is 0 Å². The van der Waals surface area contributed by atoms with Crippen LogP contribution >= 0.6 is 11.8 Å². The van der Waals surface area contributed by atoms with Crippen molar-refractivity contribution < 1.29 is 4.74 Å². The van der Waals surface area contributed by atoms with Crippen molar-refractivity contribution in [2.75, 3.05) is 18.1 Å². The lowest BCUT2D eigenvalue weighted by Crippen LogP contribution is -2.36. The van der Waals surface area contributed by atoms with Gasteiger partial charge in [0.25, 0.3) is 0 Å². The quantitative estimate of drug-likeness (QED) is 0.859. The standard InChI is InChI=1S/C16H27N3OS/c1-12(2)20-14-10-13(3)18-15(19-14)17-11-16(21-4)8-6-5-7-9-16/h10,12H,5-9,11H2,1-4H3,(H,17,18,19). The number of aryl methyl sites for hydroxylation is 1. The van der Waals surface area contributed by atoms with E-state index < -0.39 is 0 Å². The fraction of sp³-hybridized carbons (Fsp3) is 0.750. The van der Waals surface area contributed by atoms with Crippen molar-refractivity contribution in [2.24, 2.45) is 0 Å². The topological polar surface area (TPSA) is 47.0 Å². The zero-order valence-electron chi connectivity index (χ0n) is 13.6. The van der Waals surface area contributed by atoms with Gasteiger partial charge in [0, 0.05) is 23.1 Å². The highest BCUT2D eigenvalue weighted by molar-refractivity contribution is 8.00. The van der Waals surface area contributed by atoms with Crippen LogP contribution in [0, 0.1) is 6.92 Å². The molecule has 1 aliphatic carbocycles. The summed E-state index contributed by atoms with van der Waals surface area (Å²) in [6.07, 6.45) is 8.94. The summed E-state index contributed by atoms with van der Waals surface area (Å²) < 4.78 is 6.02. The van der Waals surface area contributed by atoms with Crippen LogP contribution in [0.25, 0.3) is 0 Å². The van der Waals surface area contributed by atoms with Crippen LogP contribution in [-0.4, -0.2) is 33.6 Å². The van der Waals surface area contributed by atoms with Gasteiger partial charge in [0.05, 0.1) is 6.10 Å². The minimum atomic E-state index is 0.128. The first-order chi connectivity index (χ1) is 10.0. The lowest BCUT2D eigenvalue weighted by Gasteiger charge is -2.35. The molecule has 0 aromatic carbocycles. The molecular formula is C16H27N3OS. The maximum Gasteiger partial charge on any atom is 0.226 e. The Kier molecular flexibility index (Phi) is 5.73. The third kappa shape index (κ3) is 4.77. The summed E-state index contributed by atoms with van der Waals surface area (Å²) in [6, 6.07) is 1.89. The number of anilines is 1. The zero-order valence-corrected chi connectivity index (χ0v) is 14.4. The molecule has 2 rings (SSSR count). The van der Waals surface area contributed by atoms with Gasteiger partial charge in [0.15, 0.2) is 0 Å². The van der Waals surface area contributed by atoms with Gasteiger partial charge in [-0.3, -0.25) is 0 Å². The first-order valence-electron chi connectivity index (χ1n) is 7.84. The van der Waals surface area contributed by atoms with Crippen LogP contribution < -0.4 is 10.1 Å². The van der Waals surface area contributed by atoms with E-state index >= 15 is 0 Å². The largest absolute Gasteiger partial charge is 0.475 e. The van der Waals surface area contributed by atoms with E-state index in [0.29, 0.717) is 16.6 Å². The molecule has 0 radical (unpaired) electrons. The van der Waals surface area contributed by atoms with Crippen LogP contribution in [0.15, 0.2) is 6.07 Å². The molecule has 0 amide bonds. The van der Waals surface area contributed by atoms with Gasteiger partial charge in [0.1, 0.15) is 0 Å². The minimum Gasteiger partial charge on any atom is -0.475 e. The fourth-order valence-corrected chi connectivity index (χ4v) is 3.72. The van der Waals surface area contributed by atoms with Gasteiger partial charge in [-0.1, -0.05) is 19.3 Å². The van der Waals surface area contributed by atoms with Gasteiger partial charge in [-0.25, -0.2) is 4.98 Å². The number of thioether (sulfide) groups is 1. The minimum absolute atomic E-state index is 0.128. The van der Waals surface area contributed by atoms with Gasteiger partial charge in [-0.15, -0.1) is 0 Å². The molecule has 118 valence electrons. The summed E-state index contributed by atoms with van der Waals surface area (Å²) in [5.41, 5.74) is 0.935. The van der Waals surface area contributed by atoms with Gasteiger partial charge in [-0.05, 0) is 39.9 Å². The van der Waals surface area contributed by atoms with Crippen LogP contribution in [0.2, 0.25) is 0 Å². The maximum absolute atomic E-state index is 5.68. The molecule has 0 spiro atoms. The average molecular weight is 309 g/mol. The van der Waals surface area contributed by atoms with Crippen molar-refractivity contribution in [3.05, 3.63) is 11.8 Å². The molecule has 1 aliphatic rings. The highest BCUT2D eigenvalue weighted by Crippen LogP contribution is 2.38. The van der Waals surface area contributed by atoms with E-state index in [1.807, 2.05) is 38.6 Å². The van der Waals surface area contributed by atoms with Crippen LogP contribution in [0.4, 0.5) is 5.95 Å². The molecule has 1 aromatic rings. The van der Waals surface area contributed by atoms with Crippen molar-refractivity contribution in [3.8, 4) is 5.88 Å². The van der Waals surface area contributed by atoms with Crippen LogP contribution in [-0.2, 0) is 0 Å². The Labute approximate surface area is 132 Å². The Morgan fingerprint density at radius 1 is 1.29 bits per heavy atom. The Morgan fingerprint density at radius 2 is 2.00 bits per heavy atom. The summed E-state index contributed by atoms with van der Waals surface area (Å²) in [5, 5.41) is 3.44. The Hall–Kier alpha value is -0.970. The Morgan fingerprint density at radius 3 is 2.62 bits per heavy atom. The van der Waals surface area contributed by atoms with Crippen molar-refractivity contribution in [2.45, 2.75) is 63.7 Å². The molecule has 1 heterocycles. The highest BCUT2D eigenvalue weighted by Gasteiger charge is 2.31. The predicted octanol–water partition coefficient (Wildman–Crippen LogP) is 4.05.